The molecule has 2 aliphatic carbocycles. The fourth-order valence-electron chi connectivity index (χ4n) is 3.05. The monoisotopic (exact) mass is 256 g/mol. The number of hydrogen-bond donors (Lipinski definition) is 1. The van der Waals surface area contributed by atoms with Crippen molar-refractivity contribution in [2.75, 3.05) is 0 Å². The molecular formula is C10H17NaO4S. The van der Waals surface area contributed by atoms with Crippen LogP contribution in [0.3, 0.4) is 0 Å². The van der Waals surface area contributed by atoms with Crippen LogP contribution in [0.4, 0.5) is 0 Å². The molecule has 88 valence electrons. The summed E-state index contributed by atoms with van der Waals surface area (Å²) in [5, 5.41) is 9.75. The second-order valence-electron chi connectivity index (χ2n) is 5.11. The van der Waals surface area contributed by atoms with Gasteiger partial charge in [0.05, 0.1) is 0 Å². The van der Waals surface area contributed by atoms with E-state index in [9.17, 15) is 18.1 Å². The van der Waals surface area contributed by atoms with Crippen LogP contribution in [0.25, 0.3) is 0 Å². The molecule has 0 unspecified atom stereocenters. The van der Waals surface area contributed by atoms with Crippen LogP contribution in [0.2, 0.25) is 0 Å². The molecule has 0 aromatic rings. The molecule has 16 heavy (non-hydrogen) atoms. The molecule has 0 saturated heterocycles. The molecule has 0 aromatic carbocycles. The minimum Gasteiger partial charge on any atom is -0.746 e. The van der Waals surface area contributed by atoms with E-state index in [0.29, 0.717) is 12.8 Å². The topological polar surface area (TPSA) is 77.4 Å². The van der Waals surface area contributed by atoms with Crippen LogP contribution in [-0.2, 0) is 10.1 Å². The Morgan fingerprint density at radius 2 is 1.38 bits per heavy atom. The van der Waals surface area contributed by atoms with Crippen LogP contribution < -0.4 is 29.6 Å². The second kappa shape index (κ2) is 4.86. The minimum absolute atomic E-state index is 0. The summed E-state index contributed by atoms with van der Waals surface area (Å²) in [5.74, 6) is 0. The summed E-state index contributed by atoms with van der Waals surface area (Å²) in [6.45, 7) is 0. The third-order valence-electron chi connectivity index (χ3n) is 4.22. The molecule has 1 N–H and O–H groups in total. The number of rotatable bonds is 1. The first kappa shape index (κ1) is 14.9. The third kappa shape index (κ3) is 2.65. The van der Waals surface area contributed by atoms with Crippen LogP contribution >= 0.6 is 0 Å². The molecule has 0 aliphatic heterocycles. The largest absolute Gasteiger partial charge is 1.00 e. The Morgan fingerprint density at radius 1 is 0.938 bits per heavy atom. The first-order valence-electron chi connectivity index (χ1n) is 5.55. The van der Waals surface area contributed by atoms with Gasteiger partial charge in [0.1, 0.15) is 10.1 Å². The van der Waals surface area contributed by atoms with Crippen molar-refractivity contribution in [3.05, 3.63) is 0 Å². The predicted molar refractivity (Wildman–Crippen MR) is 54.0 cm³/mol. The smallest absolute Gasteiger partial charge is 0.746 e. The maximum absolute atomic E-state index is 10.9. The molecule has 0 heterocycles. The van der Waals surface area contributed by atoms with E-state index in [1.807, 2.05) is 0 Å². The Labute approximate surface area is 119 Å². The third-order valence-corrected chi connectivity index (χ3v) is 5.56. The van der Waals surface area contributed by atoms with E-state index in [2.05, 4.69) is 0 Å². The maximum Gasteiger partial charge on any atom is 1.00 e. The Hall–Kier alpha value is 0.870. The van der Waals surface area contributed by atoms with Gasteiger partial charge in [0, 0.05) is 0 Å². The molecule has 2 saturated carbocycles. The molecule has 0 atom stereocenters. The van der Waals surface area contributed by atoms with Crippen LogP contribution in [0.5, 0.6) is 0 Å². The Kier molecular flexibility index (Phi) is 4.54. The summed E-state index contributed by atoms with van der Waals surface area (Å²) in [4.78, 5) is -1.99. The van der Waals surface area contributed by atoms with Gasteiger partial charge in [-0.1, -0.05) is 12.8 Å². The summed E-state index contributed by atoms with van der Waals surface area (Å²) in [6, 6.07) is 0. The molecular weight excluding hydrogens is 239 g/mol. The van der Waals surface area contributed by atoms with Crippen LogP contribution in [0.1, 0.15) is 51.4 Å². The van der Waals surface area contributed by atoms with Crippen molar-refractivity contribution in [3.63, 3.8) is 0 Å². The molecule has 2 rings (SSSR count). The molecule has 0 amide bonds. The summed E-state index contributed by atoms with van der Waals surface area (Å²) in [5.41, 5.74) is 0.233. The first-order chi connectivity index (χ1) is 6.87. The summed E-state index contributed by atoms with van der Waals surface area (Å²) >= 11 is 0. The van der Waals surface area contributed by atoms with Gasteiger partial charge in [0.25, 0.3) is 0 Å². The van der Waals surface area contributed by atoms with Gasteiger partial charge in [-0.3, -0.25) is 0 Å². The van der Waals surface area contributed by atoms with Crippen molar-refractivity contribution < 1.29 is 47.6 Å². The fraction of sp³-hybridized carbons (Fsp3) is 1.00. The standard InChI is InChI=1S/C10H18O4S.Na/c11-10(15(12,13)14)7-5-9(6-8-10)3-1-2-4-9;/h11H,1-8H2,(H,12,13,14);/q;+1/p-1. The summed E-state index contributed by atoms with van der Waals surface area (Å²) in [6.07, 6.45) is 6.27. The zero-order valence-corrected chi connectivity index (χ0v) is 12.6. The van der Waals surface area contributed by atoms with Gasteiger partial charge in [-0.05, 0) is 43.9 Å². The normalized spacial score (nSPS) is 27.6. The Morgan fingerprint density at radius 3 is 1.75 bits per heavy atom. The van der Waals surface area contributed by atoms with E-state index in [1.165, 1.54) is 12.8 Å². The fourth-order valence-corrected chi connectivity index (χ4v) is 3.75. The van der Waals surface area contributed by atoms with E-state index >= 15 is 0 Å². The van der Waals surface area contributed by atoms with Crippen molar-refractivity contribution >= 4 is 10.1 Å². The maximum atomic E-state index is 10.9. The SMILES string of the molecule is O=S(=O)([O-])C1(O)CCC2(CCCC2)CC1.[Na+]. The van der Waals surface area contributed by atoms with Gasteiger partial charge in [-0.25, -0.2) is 8.42 Å². The summed E-state index contributed by atoms with van der Waals surface area (Å²) in [7, 11) is -4.57. The van der Waals surface area contributed by atoms with Crippen molar-refractivity contribution in [2.45, 2.75) is 56.3 Å². The average molecular weight is 256 g/mol. The van der Waals surface area contributed by atoms with Gasteiger partial charge in [0.2, 0.25) is 0 Å². The van der Waals surface area contributed by atoms with Crippen molar-refractivity contribution in [2.24, 2.45) is 5.41 Å². The average Bonchev–Trinajstić information content (AvgIpc) is 2.58. The second-order valence-corrected chi connectivity index (χ2v) is 6.78. The first-order valence-corrected chi connectivity index (χ1v) is 6.96. The zero-order chi connectivity index (χ0) is 11.2. The molecule has 4 nitrogen and oxygen atoms in total. The van der Waals surface area contributed by atoms with E-state index in [-0.39, 0.29) is 47.8 Å². The van der Waals surface area contributed by atoms with Crippen LogP contribution in [-0.4, -0.2) is 23.0 Å². The Balaban J connectivity index is 0.00000128. The molecule has 6 heteroatoms. The van der Waals surface area contributed by atoms with Gasteiger partial charge in [-0.2, -0.15) is 0 Å². The molecule has 1 spiro atoms. The molecule has 0 aromatic heterocycles. The molecule has 2 aliphatic rings. The van der Waals surface area contributed by atoms with Crippen molar-refractivity contribution in [3.8, 4) is 0 Å². The van der Waals surface area contributed by atoms with Crippen LogP contribution in [0.15, 0.2) is 0 Å². The minimum atomic E-state index is -4.57. The molecule has 0 radical (unpaired) electrons. The van der Waals surface area contributed by atoms with Crippen LogP contribution in [0, 0.1) is 5.41 Å². The quantitative estimate of drug-likeness (QED) is 0.451. The van der Waals surface area contributed by atoms with E-state index < -0.39 is 15.1 Å². The van der Waals surface area contributed by atoms with E-state index in [1.54, 1.807) is 0 Å². The number of aliphatic hydroxyl groups is 1. The molecule has 2 fully saturated rings. The van der Waals surface area contributed by atoms with Gasteiger partial charge in [0.15, 0.2) is 4.93 Å². The van der Waals surface area contributed by atoms with Crippen molar-refractivity contribution in [1.82, 2.24) is 0 Å². The number of hydrogen-bond acceptors (Lipinski definition) is 4. The zero-order valence-electron chi connectivity index (χ0n) is 9.74. The van der Waals surface area contributed by atoms with Crippen molar-refractivity contribution in [1.29, 1.82) is 0 Å². The summed E-state index contributed by atoms with van der Waals surface area (Å²) < 4.78 is 32.7. The van der Waals surface area contributed by atoms with E-state index in [0.717, 1.165) is 12.8 Å². The van der Waals surface area contributed by atoms with Gasteiger partial charge in [-0.15, -0.1) is 0 Å². The predicted octanol–water partition coefficient (Wildman–Crippen LogP) is -1.64. The van der Waals surface area contributed by atoms with Gasteiger partial charge < -0.3 is 9.66 Å². The molecule has 0 bridgehead atoms. The van der Waals surface area contributed by atoms with E-state index in [4.69, 9.17) is 0 Å². The Bertz CT molecular complexity index is 336. The van der Waals surface area contributed by atoms with Gasteiger partial charge >= 0.3 is 29.6 Å².